The van der Waals surface area contributed by atoms with E-state index in [4.69, 9.17) is 4.74 Å². The number of ether oxygens (including phenoxy) is 1. The van der Waals surface area contributed by atoms with Crippen LogP contribution < -0.4 is 0 Å². The van der Waals surface area contributed by atoms with Crippen molar-refractivity contribution in [2.75, 3.05) is 13.1 Å². The first-order chi connectivity index (χ1) is 14.1. The number of hydrogen-bond acceptors (Lipinski definition) is 4. The highest BCUT2D eigenvalue weighted by atomic mass is 32.2. The summed E-state index contributed by atoms with van der Waals surface area (Å²) >= 11 is 0. The van der Waals surface area contributed by atoms with Crippen LogP contribution in [0.4, 0.5) is 0 Å². The normalized spacial score (nSPS) is 15.7. The van der Waals surface area contributed by atoms with Gasteiger partial charge in [0.25, 0.3) is 0 Å². The molecule has 0 N–H and O–H groups in total. The van der Waals surface area contributed by atoms with Gasteiger partial charge in [0.1, 0.15) is 6.61 Å². The van der Waals surface area contributed by atoms with Gasteiger partial charge in [0.15, 0.2) is 0 Å². The van der Waals surface area contributed by atoms with Crippen LogP contribution in [0, 0.1) is 6.92 Å². The van der Waals surface area contributed by atoms with Crippen molar-refractivity contribution < 1.29 is 17.9 Å². The molecule has 1 fully saturated rings. The van der Waals surface area contributed by atoms with Crippen LogP contribution in [0.15, 0.2) is 47.4 Å². The number of hydrogen-bond donors (Lipinski definition) is 0. The molecule has 0 aromatic heterocycles. The van der Waals surface area contributed by atoms with E-state index in [1.54, 1.807) is 19.1 Å². The third-order valence-electron chi connectivity index (χ3n) is 5.57. The summed E-state index contributed by atoms with van der Waals surface area (Å²) in [5.41, 5.74) is 3.15. The molecule has 30 heavy (non-hydrogen) atoms. The van der Waals surface area contributed by atoms with Crippen molar-refractivity contribution in [1.29, 1.82) is 0 Å². The number of esters is 1. The van der Waals surface area contributed by atoms with Gasteiger partial charge in [0.2, 0.25) is 10.0 Å². The van der Waals surface area contributed by atoms with E-state index >= 15 is 0 Å². The second kappa shape index (κ2) is 8.90. The van der Waals surface area contributed by atoms with Gasteiger partial charge in [-0.25, -0.2) is 13.2 Å². The van der Waals surface area contributed by atoms with Gasteiger partial charge in [0, 0.05) is 13.1 Å². The van der Waals surface area contributed by atoms with Crippen LogP contribution in [0.2, 0.25) is 0 Å². The highest BCUT2D eigenvalue weighted by Crippen LogP contribution is 2.24. The van der Waals surface area contributed by atoms with Gasteiger partial charge in [-0.3, -0.25) is 0 Å². The molecule has 2 aromatic carbocycles. The largest absolute Gasteiger partial charge is 0.457 e. The molecule has 1 aliphatic rings. The van der Waals surface area contributed by atoms with E-state index in [2.05, 4.69) is 20.8 Å². The van der Waals surface area contributed by atoms with Gasteiger partial charge in [-0.05, 0) is 54.0 Å². The molecule has 0 bridgehead atoms. The molecule has 0 amide bonds. The number of nitrogens with zero attached hydrogens (tertiary/aromatic N) is 1. The molecule has 1 saturated heterocycles. The number of aryl methyl sites for hydroxylation is 1. The third-order valence-corrected chi connectivity index (χ3v) is 7.47. The van der Waals surface area contributed by atoms with E-state index in [0.717, 1.165) is 24.8 Å². The molecule has 0 spiro atoms. The molecular weight excluding hydrogens is 398 g/mol. The summed E-state index contributed by atoms with van der Waals surface area (Å²) in [5.74, 6) is -0.511. The summed E-state index contributed by atoms with van der Waals surface area (Å²) in [4.78, 5) is 12.8. The Labute approximate surface area is 180 Å². The summed E-state index contributed by atoms with van der Waals surface area (Å²) in [7, 11) is -3.60. The maximum atomic E-state index is 12.9. The monoisotopic (exact) mass is 429 g/mol. The maximum absolute atomic E-state index is 12.9. The molecule has 162 valence electrons. The predicted molar refractivity (Wildman–Crippen MR) is 118 cm³/mol. The van der Waals surface area contributed by atoms with E-state index in [0.29, 0.717) is 24.2 Å². The van der Waals surface area contributed by atoms with Crippen molar-refractivity contribution in [1.82, 2.24) is 4.31 Å². The summed E-state index contributed by atoms with van der Waals surface area (Å²) in [6, 6.07) is 12.7. The van der Waals surface area contributed by atoms with Gasteiger partial charge >= 0.3 is 5.97 Å². The van der Waals surface area contributed by atoms with E-state index in [9.17, 15) is 13.2 Å². The van der Waals surface area contributed by atoms with Crippen molar-refractivity contribution in [3.63, 3.8) is 0 Å². The summed E-state index contributed by atoms with van der Waals surface area (Å²) in [6.45, 7) is 9.43. The fourth-order valence-corrected chi connectivity index (χ4v) is 5.11. The predicted octanol–water partition coefficient (Wildman–Crippen LogP) is 4.82. The zero-order valence-corrected chi connectivity index (χ0v) is 19.1. The van der Waals surface area contributed by atoms with Crippen LogP contribution in [0.5, 0.6) is 0 Å². The smallest absolute Gasteiger partial charge is 0.338 e. The lowest BCUT2D eigenvalue weighted by molar-refractivity contribution is 0.0471. The Morgan fingerprint density at radius 1 is 1.00 bits per heavy atom. The summed E-state index contributed by atoms with van der Waals surface area (Å²) in [6.07, 6.45) is 2.79. The molecule has 0 saturated carbocycles. The van der Waals surface area contributed by atoms with E-state index < -0.39 is 16.0 Å². The molecule has 0 unspecified atom stereocenters. The number of piperidine rings is 1. The molecule has 5 nitrogen and oxygen atoms in total. The lowest BCUT2D eigenvalue weighted by Gasteiger charge is -2.26. The number of rotatable bonds is 5. The molecule has 1 heterocycles. The first-order valence-corrected chi connectivity index (χ1v) is 11.9. The second-order valence-corrected chi connectivity index (χ2v) is 10.9. The van der Waals surface area contributed by atoms with Crippen LogP contribution in [-0.2, 0) is 26.8 Å². The molecular formula is C24H31NO4S. The van der Waals surface area contributed by atoms with Gasteiger partial charge in [0.05, 0.1) is 10.5 Å². The van der Waals surface area contributed by atoms with Gasteiger partial charge in [-0.15, -0.1) is 0 Å². The van der Waals surface area contributed by atoms with E-state index in [1.807, 2.05) is 24.3 Å². The zero-order chi connectivity index (χ0) is 21.9. The number of benzene rings is 2. The average molecular weight is 430 g/mol. The SMILES string of the molecule is Cc1ccc(S(=O)(=O)N2CCCCC2)cc1C(=O)OCc1ccc(C(C)(C)C)cc1. The van der Waals surface area contributed by atoms with Crippen molar-refractivity contribution in [2.24, 2.45) is 0 Å². The number of carbonyl (C=O) groups excluding carboxylic acids is 1. The first-order valence-electron chi connectivity index (χ1n) is 10.5. The lowest BCUT2D eigenvalue weighted by atomic mass is 9.87. The Bertz CT molecular complexity index is 998. The van der Waals surface area contributed by atoms with Crippen molar-refractivity contribution in [3.05, 3.63) is 64.7 Å². The second-order valence-electron chi connectivity index (χ2n) is 8.96. The molecule has 0 radical (unpaired) electrons. The van der Waals surface area contributed by atoms with Crippen LogP contribution in [0.1, 0.15) is 67.1 Å². The Morgan fingerprint density at radius 3 is 2.23 bits per heavy atom. The van der Waals surface area contributed by atoms with E-state index in [1.165, 1.54) is 15.9 Å². The van der Waals surface area contributed by atoms with Gasteiger partial charge < -0.3 is 4.74 Å². The first kappa shape index (κ1) is 22.5. The minimum atomic E-state index is -3.60. The fourth-order valence-electron chi connectivity index (χ4n) is 3.56. The van der Waals surface area contributed by atoms with Crippen LogP contribution in [0.3, 0.4) is 0 Å². The minimum absolute atomic E-state index is 0.0621. The maximum Gasteiger partial charge on any atom is 0.338 e. The lowest BCUT2D eigenvalue weighted by Crippen LogP contribution is -2.35. The average Bonchev–Trinajstić information content (AvgIpc) is 2.72. The quantitative estimate of drug-likeness (QED) is 0.639. The highest BCUT2D eigenvalue weighted by molar-refractivity contribution is 7.89. The van der Waals surface area contributed by atoms with Crippen LogP contribution in [0.25, 0.3) is 0 Å². The van der Waals surface area contributed by atoms with Crippen LogP contribution >= 0.6 is 0 Å². The Hall–Kier alpha value is -2.18. The Balaban J connectivity index is 1.73. The van der Waals surface area contributed by atoms with Crippen molar-refractivity contribution in [3.8, 4) is 0 Å². The summed E-state index contributed by atoms with van der Waals surface area (Å²) < 4.78 is 32.9. The topological polar surface area (TPSA) is 63.7 Å². The molecule has 2 aromatic rings. The molecule has 0 aliphatic carbocycles. The third kappa shape index (κ3) is 5.10. The van der Waals surface area contributed by atoms with Gasteiger partial charge in [-0.1, -0.05) is 57.5 Å². The number of carbonyl (C=O) groups is 1. The summed E-state index contributed by atoms with van der Waals surface area (Å²) in [5, 5.41) is 0. The molecule has 6 heteroatoms. The molecule has 3 rings (SSSR count). The molecule has 1 aliphatic heterocycles. The van der Waals surface area contributed by atoms with Crippen molar-refractivity contribution >= 4 is 16.0 Å². The Morgan fingerprint density at radius 2 is 1.63 bits per heavy atom. The van der Waals surface area contributed by atoms with Crippen LogP contribution in [-0.4, -0.2) is 31.8 Å². The van der Waals surface area contributed by atoms with Gasteiger partial charge in [-0.2, -0.15) is 4.31 Å². The zero-order valence-electron chi connectivity index (χ0n) is 18.3. The molecule has 0 atom stereocenters. The van der Waals surface area contributed by atoms with E-state index in [-0.39, 0.29) is 16.9 Å². The standard InChI is InChI=1S/C24H31NO4S/c1-18-8-13-21(30(27,28)25-14-6-5-7-15-25)16-22(18)23(26)29-17-19-9-11-20(12-10-19)24(2,3)4/h8-13,16H,5-7,14-15,17H2,1-4H3. The highest BCUT2D eigenvalue weighted by Gasteiger charge is 2.27. The number of sulfonamides is 1. The van der Waals surface area contributed by atoms with Crippen molar-refractivity contribution in [2.45, 2.75) is 63.9 Å². The minimum Gasteiger partial charge on any atom is -0.457 e. The Kier molecular flexibility index (Phi) is 6.68. The fraction of sp³-hybridized carbons (Fsp3) is 0.458.